The molecule has 0 aromatic heterocycles. The van der Waals surface area contributed by atoms with E-state index < -0.39 is 12.1 Å². The zero-order valence-corrected chi connectivity index (χ0v) is 17.5. The predicted molar refractivity (Wildman–Crippen MR) is 107 cm³/mol. The third kappa shape index (κ3) is 5.19. The van der Waals surface area contributed by atoms with E-state index in [0.717, 1.165) is 31.8 Å². The fraction of sp³-hybridized carbons (Fsp3) is 0.864. The summed E-state index contributed by atoms with van der Waals surface area (Å²) >= 11 is 0. The Kier molecular flexibility index (Phi) is 6.75. The van der Waals surface area contributed by atoms with Gasteiger partial charge in [0.25, 0.3) is 0 Å². The van der Waals surface area contributed by atoms with E-state index in [1.807, 2.05) is 0 Å². The summed E-state index contributed by atoms with van der Waals surface area (Å²) in [5, 5.41) is 5.15. The summed E-state index contributed by atoms with van der Waals surface area (Å²) in [5.74, 6) is -0.308. The number of hydrogen-bond donors (Lipinski definition) is 2. The minimum absolute atomic E-state index is 0.0755. The second-order valence-electron chi connectivity index (χ2n) is 9.58. The molecule has 1 saturated heterocycles. The van der Waals surface area contributed by atoms with Crippen molar-refractivity contribution in [2.45, 2.75) is 88.2 Å². The van der Waals surface area contributed by atoms with Crippen LogP contribution in [0.5, 0.6) is 0 Å². The molecule has 1 amide bonds. The number of nitrogens with zero attached hydrogens (tertiary/aromatic N) is 1. The number of alkyl halides is 3. The van der Waals surface area contributed by atoms with Crippen molar-refractivity contribution in [2.24, 2.45) is 17.8 Å². The molecule has 8 heteroatoms. The number of carbonyl (C=O) groups is 1. The third-order valence-electron chi connectivity index (χ3n) is 7.50. The van der Waals surface area contributed by atoms with Crippen LogP contribution in [0.15, 0.2) is 12.7 Å². The molecule has 0 radical (unpaired) electrons. The van der Waals surface area contributed by atoms with Crippen LogP contribution >= 0.6 is 0 Å². The van der Waals surface area contributed by atoms with Crippen molar-refractivity contribution < 1.29 is 22.7 Å². The summed E-state index contributed by atoms with van der Waals surface area (Å²) in [6.07, 6.45) is 4.42. The van der Waals surface area contributed by atoms with Gasteiger partial charge in [-0.1, -0.05) is 6.58 Å². The Bertz CT molecular complexity index is 617. The maximum absolute atomic E-state index is 13.1. The molecular weight excluding hydrogens is 395 g/mol. The van der Waals surface area contributed by atoms with Crippen LogP contribution in [0.4, 0.5) is 13.2 Å². The highest BCUT2D eigenvalue weighted by Crippen LogP contribution is 2.43. The lowest BCUT2D eigenvalue weighted by Gasteiger charge is -2.41. The highest BCUT2D eigenvalue weighted by Gasteiger charge is 2.49. The number of fused-ring (bicyclic) bond motifs is 1. The Balaban J connectivity index is 1.38. The Hall–Kier alpha value is -1.12. The van der Waals surface area contributed by atoms with Gasteiger partial charge < -0.3 is 10.1 Å². The number of ether oxygens (including phenoxy) is 1. The van der Waals surface area contributed by atoms with Crippen molar-refractivity contribution in [1.82, 2.24) is 15.8 Å². The highest BCUT2D eigenvalue weighted by molar-refractivity contribution is 5.86. The molecule has 2 N–H and O–H groups in total. The molecule has 3 aliphatic carbocycles. The van der Waals surface area contributed by atoms with E-state index in [2.05, 4.69) is 22.3 Å². The number of hydrazine groups is 1. The molecule has 1 aliphatic heterocycles. The van der Waals surface area contributed by atoms with Crippen LogP contribution in [0, 0.1) is 17.8 Å². The van der Waals surface area contributed by atoms with Crippen molar-refractivity contribution in [2.75, 3.05) is 13.2 Å². The molecule has 4 atom stereocenters. The average molecular weight is 430 g/mol. The van der Waals surface area contributed by atoms with Crippen LogP contribution < -0.4 is 10.7 Å². The fourth-order valence-electron chi connectivity index (χ4n) is 5.56. The lowest BCUT2D eigenvalue weighted by molar-refractivity contribution is -0.185. The number of amides is 1. The van der Waals surface area contributed by atoms with Gasteiger partial charge in [0.05, 0.1) is 12.0 Å². The van der Waals surface area contributed by atoms with Gasteiger partial charge in [-0.15, -0.1) is 0 Å². The van der Waals surface area contributed by atoms with E-state index in [4.69, 9.17) is 4.74 Å². The molecule has 4 aliphatic rings. The number of halogens is 3. The minimum atomic E-state index is -4.08. The molecule has 0 aromatic carbocycles. The Morgan fingerprint density at radius 1 is 1.13 bits per heavy atom. The van der Waals surface area contributed by atoms with Gasteiger partial charge >= 0.3 is 6.18 Å². The summed E-state index contributed by atoms with van der Waals surface area (Å²) < 4.78 is 45.4. The Morgan fingerprint density at radius 2 is 1.87 bits per heavy atom. The van der Waals surface area contributed by atoms with E-state index in [0.29, 0.717) is 31.3 Å². The highest BCUT2D eigenvalue weighted by atomic mass is 19.4. The van der Waals surface area contributed by atoms with Gasteiger partial charge in [-0.25, -0.2) is 10.4 Å². The van der Waals surface area contributed by atoms with Crippen molar-refractivity contribution in [3.8, 4) is 0 Å². The van der Waals surface area contributed by atoms with Gasteiger partial charge in [0, 0.05) is 31.3 Å². The smallest absolute Gasteiger partial charge is 0.378 e. The first-order valence-electron chi connectivity index (χ1n) is 11.5. The normalized spacial score (nSPS) is 37.6. The van der Waals surface area contributed by atoms with E-state index in [1.54, 1.807) is 0 Å². The zero-order valence-electron chi connectivity index (χ0n) is 17.5. The van der Waals surface area contributed by atoms with Crippen molar-refractivity contribution in [3.63, 3.8) is 0 Å². The van der Waals surface area contributed by atoms with Crippen LogP contribution in [-0.2, 0) is 9.53 Å². The lowest BCUT2D eigenvalue weighted by Crippen LogP contribution is -2.50. The van der Waals surface area contributed by atoms with Crippen molar-refractivity contribution in [3.05, 3.63) is 12.7 Å². The van der Waals surface area contributed by atoms with Crippen LogP contribution in [0.1, 0.15) is 57.8 Å². The number of nitrogens with one attached hydrogen (secondary N) is 2. The van der Waals surface area contributed by atoms with E-state index >= 15 is 0 Å². The molecule has 0 aromatic rings. The van der Waals surface area contributed by atoms with E-state index in [-0.39, 0.29) is 36.9 Å². The monoisotopic (exact) mass is 429 g/mol. The van der Waals surface area contributed by atoms with E-state index in [9.17, 15) is 18.0 Å². The fourth-order valence-corrected chi connectivity index (χ4v) is 5.56. The quantitative estimate of drug-likeness (QED) is 0.608. The molecule has 4 unspecified atom stereocenters. The first-order chi connectivity index (χ1) is 14.3. The second-order valence-corrected chi connectivity index (χ2v) is 9.58. The summed E-state index contributed by atoms with van der Waals surface area (Å²) in [5.41, 5.74) is 3.58. The van der Waals surface area contributed by atoms with Crippen LogP contribution in [0.2, 0.25) is 0 Å². The van der Waals surface area contributed by atoms with Gasteiger partial charge in [0.1, 0.15) is 0 Å². The lowest BCUT2D eigenvalue weighted by atomic mass is 9.78. The van der Waals surface area contributed by atoms with Crippen LogP contribution in [0.25, 0.3) is 0 Å². The molecule has 3 saturated carbocycles. The van der Waals surface area contributed by atoms with Crippen LogP contribution in [-0.4, -0.2) is 54.5 Å². The molecule has 1 heterocycles. The summed E-state index contributed by atoms with van der Waals surface area (Å²) in [4.78, 5) is 11.7. The van der Waals surface area contributed by atoms with Gasteiger partial charge in [0.2, 0.25) is 5.91 Å². The first-order valence-corrected chi connectivity index (χ1v) is 11.5. The van der Waals surface area contributed by atoms with Gasteiger partial charge in [-0.3, -0.25) is 4.79 Å². The maximum Gasteiger partial charge on any atom is 0.391 e. The van der Waals surface area contributed by atoms with E-state index in [1.165, 1.54) is 18.9 Å². The average Bonchev–Trinajstić information content (AvgIpc) is 3.50. The summed E-state index contributed by atoms with van der Waals surface area (Å²) in [6, 6.07) is 0.496. The largest absolute Gasteiger partial charge is 0.391 e. The molecule has 0 spiro atoms. The third-order valence-corrected chi connectivity index (χ3v) is 7.50. The summed E-state index contributed by atoms with van der Waals surface area (Å²) in [6.45, 7) is 4.85. The topological polar surface area (TPSA) is 53.6 Å². The maximum atomic E-state index is 13.1. The molecule has 5 nitrogen and oxygen atoms in total. The van der Waals surface area contributed by atoms with Gasteiger partial charge in [-0.05, 0) is 75.7 Å². The standard InChI is InChI=1S/C22H34F3N3O2/c1-2-21(29)26-12-19-18-11-17(30-13-14-3-4-14)9-10-20(18)28(27-19)16-7-5-15(6-8-16)22(23,24)25/h2,14-20,27H,1,3-13H2,(H,26,29). The van der Waals surface area contributed by atoms with Crippen LogP contribution in [0.3, 0.4) is 0 Å². The van der Waals surface area contributed by atoms with Crippen molar-refractivity contribution in [1.29, 1.82) is 0 Å². The Labute approximate surface area is 176 Å². The molecule has 30 heavy (non-hydrogen) atoms. The van der Waals surface area contributed by atoms with Gasteiger partial charge in [0.15, 0.2) is 0 Å². The Morgan fingerprint density at radius 3 is 2.50 bits per heavy atom. The first kappa shape index (κ1) is 22.1. The molecule has 0 bridgehead atoms. The van der Waals surface area contributed by atoms with Crippen molar-refractivity contribution >= 4 is 5.91 Å². The molecule has 4 fully saturated rings. The van der Waals surface area contributed by atoms with Gasteiger partial charge in [-0.2, -0.15) is 13.2 Å². The molecular formula is C22H34F3N3O2. The predicted octanol–water partition coefficient (Wildman–Crippen LogP) is 3.56. The zero-order chi connectivity index (χ0) is 21.3. The molecule has 4 rings (SSSR count). The number of hydrogen-bond acceptors (Lipinski definition) is 4. The molecule has 170 valence electrons. The summed E-state index contributed by atoms with van der Waals surface area (Å²) in [7, 11) is 0. The number of carbonyl (C=O) groups excluding carboxylic acids is 1. The second kappa shape index (κ2) is 9.17. The SMILES string of the molecule is C=CC(=O)NCC1NN(C2CCC(C(F)(F)F)CC2)C2CCC(OCC3CC3)CC12. The minimum Gasteiger partial charge on any atom is -0.378 e. The number of rotatable bonds is 7.